The molecule has 1 aliphatic rings. The van der Waals surface area contributed by atoms with Crippen LogP contribution in [-0.2, 0) is 11.3 Å². The van der Waals surface area contributed by atoms with Gasteiger partial charge < -0.3 is 25.0 Å². The van der Waals surface area contributed by atoms with Crippen molar-refractivity contribution in [2.75, 3.05) is 46.9 Å². The molecule has 6 heteroatoms. The minimum atomic E-state index is 0.152. The Bertz CT molecular complexity index is 652. The Balaban J connectivity index is 2.01. The van der Waals surface area contributed by atoms with E-state index in [1.54, 1.807) is 0 Å². The molecule has 0 saturated carbocycles. The summed E-state index contributed by atoms with van der Waals surface area (Å²) < 4.78 is 11.8. The SMILES string of the molecule is CCNC(=NCc1ccc(C)cc1OCC1CCCO1)NCC(C)(C)CN(C)C. The second-order valence-electron chi connectivity index (χ2n) is 9.01. The maximum absolute atomic E-state index is 6.11. The van der Waals surface area contributed by atoms with E-state index in [1.165, 1.54) is 5.56 Å². The van der Waals surface area contributed by atoms with Gasteiger partial charge in [-0.15, -0.1) is 0 Å². The van der Waals surface area contributed by atoms with Crippen LogP contribution < -0.4 is 15.4 Å². The third-order valence-corrected chi connectivity index (χ3v) is 4.90. The monoisotopic (exact) mass is 404 g/mol. The summed E-state index contributed by atoms with van der Waals surface area (Å²) >= 11 is 0. The van der Waals surface area contributed by atoms with Gasteiger partial charge in [-0.05, 0) is 57.8 Å². The zero-order valence-corrected chi connectivity index (χ0v) is 19.2. The zero-order valence-electron chi connectivity index (χ0n) is 19.2. The third-order valence-electron chi connectivity index (χ3n) is 4.90. The molecule has 6 nitrogen and oxygen atoms in total. The highest BCUT2D eigenvalue weighted by Gasteiger charge is 2.19. The largest absolute Gasteiger partial charge is 0.491 e. The highest BCUT2D eigenvalue weighted by Crippen LogP contribution is 2.23. The van der Waals surface area contributed by atoms with Gasteiger partial charge in [-0.3, -0.25) is 0 Å². The Labute approximate surface area is 177 Å². The molecule has 164 valence electrons. The van der Waals surface area contributed by atoms with Gasteiger partial charge in [0.25, 0.3) is 0 Å². The number of ether oxygens (including phenoxy) is 2. The van der Waals surface area contributed by atoms with E-state index in [2.05, 4.69) is 75.5 Å². The number of aliphatic imine (C=N–C) groups is 1. The van der Waals surface area contributed by atoms with Crippen molar-refractivity contribution >= 4 is 5.96 Å². The van der Waals surface area contributed by atoms with Crippen molar-refractivity contribution in [3.8, 4) is 5.75 Å². The normalized spacial score (nSPS) is 17.6. The van der Waals surface area contributed by atoms with Crippen molar-refractivity contribution in [2.45, 2.75) is 53.2 Å². The summed E-state index contributed by atoms with van der Waals surface area (Å²) in [5.41, 5.74) is 2.44. The van der Waals surface area contributed by atoms with Crippen LogP contribution in [0.3, 0.4) is 0 Å². The van der Waals surface area contributed by atoms with Crippen LogP contribution in [0.2, 0.25) is 0 Å². The summed E-state index contributed by atoms with van der Waals surface area (Å²) in [5.74, 6) is 1.75. The van der Waals surface area contributed by atoms with Crippen molar-refractivity contribution < 1.29 is 9.47 Å². The summed E-state index contributed by atoms with van der Waals surface area (Å²) in [4.78, 5) is 7.02. The number of hydrogen-bond donors (Lipinski definition) is 2. The molecule has 1 atom stereocenters. The van der Waals surface area contributed by atoms with Crippen LogP contribution in [0.5, 0.6) is 5.75 Å². The number of guanidine groups is 1. The van der Waals surface area contributed by atoms with E-state index in [1.807, 2.05) is 0 Å². The Morgan fingerprint density at radius 3 is 2.76 bits per heavy atom. The molecular formula is C23H40N4O2. The van der Waals surface area contributed by atoms with Crippen LogP contribution in [0, 0.1) is 12.3 Å². The Kier molecular flexibility index (Phi) is 9.24. The van der Waals surface area contributed by atoms with Gasteiger partial charge in [0.15, 0.2) is 5.96 Å². The maximum Gasteiger partial charge on any atom is 0.191 e. The first-order chi connectivity index (χ1) is 13.8. The van der Waals surface area contributed by atoms with Crippen LogP contribution in [0.15, 0.2) is 23.2 Å². The minimum absolute atomic E-state index is 0.152. The van der Waals surface area contributed by atoms with E-state index in [9.17, 15) is 0 Å². The van der Waals surface area contributed by atoms with Gasteiger partial charge in [0.05, 0.1) is 12.6 Å². The highest BCUT2D eigenvalue weighted by molar-refractivity contribution is 5.79. The lowest BCUT2D eigenvalue weighted by atomic mass is 9.93. The van der Waals surface area contributed by atoms with Gasteiger partial charge in [-0.2, -0.15) is 0 Å². The molecule has 1 fully saturated rings. The second kappa shape index (κ2) is 11.4. The topological polar surface area (TPSA) is 58.1 Å². The molecule has 29 heavy (non-hydrogen) atoms. The van der Waals surface area contributed by atoms with Gasteiger partial charge in [-0.25, -0.2) is 4.99 Å². The van der Waals surface area contributed by atoms with Crippen molar-refractivity contribution in [1.29, 1.82) is 0 Å². The quantitative estimate of drug-likeness (QED) is 0.463. The molecule has 1 heterocycles. The highest BCUT2D eigenvalue weighted by atomic mass is 16.5. The predicted octanol–water partition coefficient (Wildman–Crippen LogP) is 3.20. The summed E-state index contributed by atoms with van der Waals surface area (Å²) in [6, 6.07) is 6.33. The first kappa shape index (κ1) is 23.5. The number of benzene rings is 1. The van der Waals surface area contributed by atoms with Gasteiger partial charge in [-0.1, -0.05) is 26.0 Å². The average Bonchev–Trinajstić information content (AvgIpc) is 3.16. The molecule has 0 spiro atoms. The molecule has 0 bridgehead atoms. The molecule has 0 aliphatic carbocycles. The van der Waals surface area contributed by atoms with E-state index in [0.29, 0.717) is 13.2 Å². The molecule has 1 unspecified atom stereocenters. The van der Waals surface area contributed by atoms with Crippen molar-refractivity contribution in [3.63, 3.8) is 0 Å². The van der Waals surface area contributed by atoms with E-state index in [0.717, 1.165) is 56.4 Å². The van der Waals surface area contributed by atoms with E-state index < -0.39 is 0 Å². The Morgan fingerprint density at radius 2 is 2.10 bits per heavy atom. The fourth-order valence-electron chi connectivity index (χ4n) is 3.63. The summed E-state index contributed by atoms with van der Waals surface area (Å²) in [5, 5.41) is 6.85. The fourth-order valence-corrected chi connectivity index (χ4v) is 3.63. The van der Waals surface area contributed by atoms with Gasteiger partial charge in [0.2, 0.25) is 0 Å². The van der Waals surface area contributed by atoms with E-state index in [4.69, 9.17) is 14.5 Å². The van der Waals surface area contributed by atoms with Crippen molar-refractivity contribution in [1.82, 2.24) is 15.5 Å². The zero-order chi connectivity index (χ0) is 21.3. The molecule has 0 radical (unpaired) electrons. The molecule has 1 aromatic carbocycles. The molecule has 0 aromatic heterocycles. The first-order valence-electron chi connectivity index (χ1n) is 10.8. The lowest BCUT2D eigenvalue weighted by Gasteiger charge is -2.29. The smallest absolute Gasteiger partial charge is 0.191 e. The van der Waals surface area contributed by atoms with Gasteiger partial charge in [0, 0.05) is 31.8 Å². The van der Waals surface area contributed by atoms with E-state index in [-0.39, 0.29) is 11.5 Å². The number of aryl methyl sites for hydroxylation is 1. The maximum atomic E-state index is 6.11. The Morgan fingerprint density at radius 1 is 1.31 bits per heavy atom. The number of nitrogens with zero attached hydrogens (tertiary/aromatic N) is 2. The molecule has 1 aliphatic heterocycles. The third kappa shape index (κ3) is 8.62. The van der Waals surface area contributed by atoms with Crippen LogP contribution >= 0.6 is 0 Å². The van der Waals surface area contributed by atoms with Gasteiger partial charge >= 0.3 is 0 Å². The van der Waals surface area contributed by atoms with Crippen molar-refractivity contribution in [2.24, 2.45) is 10.4 Å². The molecule has 2 N–H and O–H groups in total. The molecule has 2 rings (SSSR count). The van der Waals surface area contributed by atoms with Crippen LogP contribution in [0.1, 0.15) is 44.7 Å². The number of rotatable bonds is 10. The molecule has 1 aromatic rings. The summed E-state index contributed by atoms with van der Waals surface area (Å²) in [6.45, 7) is 13.4. The predicted molar refractivity (Wildman–Crippen MR) is 121 cm³/mol. The fraction of sp³-hybridized carbons (Fsp3) is 0.696. The molecule has 0 amide bonds. The lowest BCUT2D eigenvalue weighted by molar-refractivity contribution is 0.0676. The molecular weight excluding hydrogens is 364 g/mol. The first-order valence-corrected chi connectivity index (χ1v) is 10.8. The van der Waals surface area contributed by atoms with Gasteiger partial charge in [0.1, 0.15) is 12.4 Å². The Hall–Kier alpha value is -1.79. The molecule has 1 saturated heterocycles. The van der Waals surface area contributed by atoms with Crippen molar-refractivity contribution in [3.05, 3.63) is 29.3 Å². The average molecular weight is 405 g/mol. The second-order valence-corrected chi connectivity index (χ2v) is 9.01. The lowest BCUT2D eigenvalue weighted by Crippen LogP contribution is -2.44. The van der Waals surface area contributed by atoms with Crippen LogP contribution in [0.4, 0.5) is 0 Å². The number of hydrogen-bond acceptors (Lipinski definition) is 4. The van der Waals surface area contributed by atoms with E-state index >= 15 is 0 Å². The van der Waals surface area contributed by atoms with Crippen LogP contribution in [-0.4, -0.2) is 63.9 Å². The number of nitrogens with one attached hydrogen (secondary N) is 2. The summed E-state index contributed by atoms with van der Waals surface area (Å²) in [6.07, 6.45) is 2.42. The minimum Gasteiger partial charge on any atom is -0.491 e. The van der Waals surface area contributed by atoms with Crippen LogP contribution in [0.25, 0.3) is 0 Å². The standard InChI is InChI=1S/C23H40N4O2/c1-7-24-22(26-16-23(3,4)17-27(5)6)25-14-19-11-10-18(2)13-21(19)29-15-20-9-8-12-28-20/h10-11,13,20H,7-9,12,14-17H2,1-6H3,(H2,24,25,26). The summed E-state index contributed by atoms with van der Waals surface area (Å²) in [7, 11) is 4.22.